The number of hydrogen-bond donors (Lipinski definition) is 2. The minimum Gasteiger partial charge on any atom is -0.369 e. The first-order chi connectivity index (χ1) is 11.6. The van der Waals surface area contributed by atoms with Crippen molar-refractivity contribution in [2.24, 2.45) is 17.6 Å². The van der Waals surface area contributed by atoms with Crippen molar-refractivity contribution >= 4 is 5.91 Å². The van der Waals surface area contributed by atoms with Gasteiger partial charge in [-0.15, -0.1) is 5.10 Å². The summed E-state index contributed by atoms with van der Waals surface area (Å²) in [4.78, 5) is 13.0. The highest BCUT2D eigenvalue weighted by Gasteiger charge is 2.36. The van der Waals surface area contributed by atoms with E-state index in [9.17, 15) is 4.79 Å². The number of amides is 1. The number of piperidine rings is 1. The number of aromatic nitrogens is 4. The van der Waals surface area contributed by atoms with Crippen LogP contribution in [0.5, 0.6) is 0 Å². The minimum absolute atomic E-state index is 0.0410. The summed E-state index contributed by atoms with van der Waals surface area (Å²) < 4.78 is 2.10. The van der Waals surface area contributed by atoms with Crippen molar-refractivity contribution < 1.29 is 9.69 Å². The van der Waals surface area contributed by atoms with Gasteiger partial charge in [-0.05, 0) is 29.2 Å². The molecule has 1 saturated carbocycles. The van der Waals surface area contributed by atoms with E-state index in [-0.39, 0.29) is 11.8 Å². The summed E-state index contributed by atoms with van der Waals surface area (Å²) in [5, 5.41) is 12.8. The molecule has 0 aromatic carbocycles. The van der Waals surface area contributed by atoms with Crippen LogP contribution in [-0.4, -0.2) is 39.2 Å². The van der Waals surface area contributed by atoms with Crippen molar-refractivity contribution in [2.45, 2.75) is 70.9 Å². The number of tetrazole rings is 1. The van der Waals surface area contributed by atoms with Gasteiger partial charge in [-0.1, -0.05) is 26.7 Å². The number of hydrogen-bond acceptors (Lipinski definition) is 4. The van der Waals surface area contributed by atoms with E-state index in [0.717, 1.165) is 38.2 Å². The molecule has 1 atom stereocenters. The lowest BCUT2D eigenvalue weighted by Crippen LogP contribution is -3.13. The zero-order valence-corrected chi connectivity index (χ0v) is 14.9. The number of nitrogens with two attached hydrogens (primary N) is 1. The monoisotopic (exact) mass is 335 g/mol. The van der Waals surface area contributed by atoms with E-state index in [4.69, 9.17) is 5.73 Å². The molecular formula is C17H31N6O+. The van der Waals surface area contributed by atoms with Gasteiger partial charge in [0.15, 0.2) is 0 Å². The summed E-state index contributed by atoms with van der Waals surface area (Å²) >= 11 is 0. The van der Waals surface area contributed by atoms with Gasteiger partial charge in [0.25, 0.3) is 0 Å². The zero-order chi connectivity index (χ0) is 17.1. The van der Waals surface area contributed by atoms with Gasteiger partial charge < -0.3 is 10.6 Å². The topological polar surface area (TPSA) is 91.1 Å². The maximum atomic E-state index is 11.4. The summed E-state index contributed by atoms with van der Waals surface area (Å²) in [6.45, 7) is 6.46. The van der Waals surface area contributed by atoms with Gasteiger partial charge >= 0.3 is 0 Å². The second-order valence-corrected chi connectivity index (χ2v) is 7.94. The van der Waals surface area contributed by atoms with Crippen molar-refractivity contribution in [1.82, 2.24) is 20.2 Å². The van der Waals surface area contributed by atoms with Crippen LogP contribution in [0.3, 0.4) is 0 Å². The standard InChI is InChI=1S/C17H30N6O/c1-12(2)11-15(22-9-7-13(8-10-22)16(18)24)17-19-20-21-23(17)14-5-3-4-6-14/h12-15H,3-11H2,1-2H3,(H2,18,24)/p+1/t15-/m1/s1. The predicted octanol–water partition coefficient (Wildman–Crippen LogP) is 0.656. The molecule has 3 N–H and O–H groups in total. The molecular weight excluding hydrogens is 304 g/mol. The van der Waals surface area contributed by atoms with Crippen molar-refractivity contribution in [1.29, 1.82) is 0 Å². The molecule has 7 heteroatoms. The molecule has 2 aliphatic rings. The highest BCUT2D eigenvalue weighted by molar-refractivity contribution is 5.76. The second-order valence-electron chi connectivity index (χ2n) is 7.94. The largest absolute Gasteiger partial charge is 0.369 e. The van der Waals surface area contributed by atoms with Gasteiger partial charge in [0, 0.05) is 25.2 Å². The Balaban J connectivity index is 1.77. The SMILES string of the molecule is CC(C)C[C@H](c1nnnn1C1CCCC1)[NH+]1CCC(C(N)=O)CC1. The first-order valence-electron chi connectivity index (χ1n) is 9.48. The van der Waals surface area contributed by atoms with Crippen LogP contribution < -0.4 is 10.6 Å². The molecule has 7 nitrogen and oxygen atoms in total. The van der Waals surface area contributed by atoms with Crippen LogP contribution >= 0.6 is 0 Å². The van der Waals surface area contributed by atoms with Gasteiger partial charge in [0.05, 0.1) is 19.1 Å². The smallest absolute Gasteiger partial charge is 0.220 e. The molecule has 134 valence electrons. The van der Waals surface area contributed by atoms with E-state index in [1.165, 1.54) is 30.6 Å². The third kappa shape index (κ3) is 3.77. The van der Waals surface area contributed by atoms with Crippen LogP contribution in [0, 0.1) is 11.8 Å². The van der Waals surface area contributed by atoms with E-state index in [1.807, 2.05) is 0 Å². The summed E-state index contributed by atoms with van der Waals surface area (Å²) in [7, 11) is 0. The molecule has 1 aromatic rings. The molecule has 24 heavy (non-hydrogen) atoms. The Bertz CT molecular complexity index is 543. The fourth-order valence-electron chi connectivity index (χ4n) is 4.39. The quantitative estimate of drug-likeness (QED) is 0.799. The van der Waals surface area contributed by atoms with E-state index >= 15 is 0 Å². The molecule has 0 unspecified atom stereocenters. The molecule has 1 aliphatic carbocycles. The van der Waals surface area contributed by atoms with Gasteiger partial charge in [-0.2, -0.15) is 0 Å². The van der Waals surface area contributed by atoms with Crippen molar-refractivity contribution in [3.8, 4) is 0 Å². The molecule has 1 aromatic heterocycles. The lowest BCUT2D eigenvalue weighted by molar-refractivity contribution is -0.938. The highest BCUT2D eigenvalue weighted by atomic mass is 16.1. The Hall–Kier alpha value is -1.50. The zero-order valence-electron chi connectivity index (χ0n) is 14.9. The third-order valence-electron chi connectivity index (χ3n) is 5.73. The number of nitrogens with zero attached hydrogens (tertiary/aromatic N) is 4. The lowest BCUT2D eigenvalue weighted by Gasteiger charge is -2.34. The van der Waals surface area contributed by atoms with E-state index in [1.54, 1.807) is 0 Å². The Morgan fingerprint density at radius 3 is 2.50 bits per heavy atom. The molecule has 0 radical (unpaired) electrons. The van der Waals surface area contributed by atoms with Crippen LogP contribution in [-0.2, 0) is 4.79 Å². The number of carbonyl (C=O) groups is 1. The third-order valence-corrected chi connectivity index (χ3v) is 5.73. The fraction of sp³-hybridized carbons (Fsp3) is 0.882. The lowest BCUT2D eigenvalue weighted by atomic mass is 9.93. The Morgan fingerprint density at radius 1 is 1.25 bits per heavy atom. The average Bonchev–Trinajstić information content (AvgIpc) is 3.23. The van der Waals surface area contributed by atoms with Gasteiger partial charge in [-0.3, -0.25) is 4.79 Å². The normalized spacial score (nSPS) is 26.8. The molecule has 2 heterocycles. The molecule has 0 spiro atoms. The number of primary amides is 1. The van der Waals surface area contributed by atoms with Gasteiger partial charge in [-0.25, -0.2) is 4.68 Å². The Kier molecular flexibility index (Phi) is 5.48. The van der Waals surface area contributed by atoms with Crippen LogP contribution in [0.15, 0.2) is 0 Å². The Labute approximate surface area is 144 Å². The molecule has 1 saturated heterocycles. The summed E-state index contributed by atoms with van der Waals surface area (Å²) in [5.41, 5.74) is 5.49. The first-order valence-corrected chi connectivity index (χ1v) is 9.48. The predicted molar refractivity (Wildman–Crippen MR) is 90.1 cm³/mol. The van der Waals surface area contributed by atoms with Crippen molar-refractivity contribution in [2.75, 3.05) is 13.1 Å². The van der Waals surface area contributed by atoms with Crippen molar-refractivity contribution in [3.05, 3.63) is 5.82 Å². The van der Waals surface area contributed by atoms with E-state index in [2.05, 4.69) is 34.1 Å². The first kappa shape index (κ1) is 17.3. The molecule has 1 aliphatic heterocycles. The number of likely N-dealkylation sites (tertiary alicyclic amines) is 1. The molecule has 1 amide bonds. The van der Waals surface area contributed by atoms with Gasteiger partial charge in [0.2, 0.25) is 11.7 Å². The summed E-state index contributed by atoms with van der Waals surface area (Å²) in [5.74, 6) is 1.53. The van der Waals surface area contributed by atoms with E-state index in [0.29, 0.717) is 18.0 Å². The number of nitrogens with one attached hydrogen (secondary N) is 1. The number of carbonyl (C=O) groups excluding carboxylic acids is 1. The second kappa shape index (κ2) is 7.59. The van der Waals surface area contributed by atoms with Crippen LogP contribution in [0.25, 0.3) is 0 Å². The van der Waals surface area contributed by atoms with Crippen LogP contribution in [0.4, 0.5) is 0 Å². The van der Waals surface area contributed by atoms with Crippen LogP contribution in [0.1, 0.15) is 76.7 Å². The van der Waals surface area contributed by atoms with Crippen LogP contribution in [0.2, 0.25) is 0 Å². The minimum atomic E-state index is -0.148. The maximum Gasteiger partial charge on any atom is 0.220 e. The van der Waals surface area contributed by atoms with Gasteiger partial charge in [0.1, 0.15) is 6.04 Å². The summed E-state index contributed by atoms with van der Waals surface area (Å²) in [6, 6.07) is 0.779. The maximum absolute atomic E-state index is 11.4. The molecule has 2 fully saturated rings. The Morgan fingerprint density at radius 2 is 1.92 bits per heavy atom. The number of rotatable bonds is 6. The number of quaternary nitrogens is 1. The molecule has 3 rings (SSSR count). The highest BCUT2D eigenvalue weighted by Crippen LogP contribution is 2.31. The average molecular weight is 335 g/mol. The van der Waals surface area contributed by atoms with Crippen molar-refractivity contribution in [3.63, 3.8) is 0 Å². The molecule has 0 bridgehead atoms. The fourth-order valence-corrected chi connectivity index (χ4v) is 4.39. The summed E-state index contributed by atoms with van der Waals surface area (Å²) in [6.07, 6.45) is 7.75. The van der Waals surface area contributed by atoms with E-state index < -0.39 is 0 Å².